The molecule has 0 N–H and O–H groups in total. The molecular weight excluding hydrogens is 312 g/mol. The Morgan fingerprint density at radius 3 is 1.54 bits per heavy atom. The van der Waals surface area contributed by atoms with Crippen LogP contribution in [0.15, 0.2) is 36.9 Å². The van der Waals surface area contributed by atoms with Gasteiger partial charge in [0, 0.05) is 5.92 Å². The Balaban J connectivity index is -0.000000296. The molecule has 1 aromatic carbocycles. The van der Waals surface area contributed by atoms with Gasteiger partial charge in [-0.3, -0.25) is 0 Å². The van der Waals surface area contributed by atoms with Crippen LogP contribution in [0.25, 0.3) is 0 Å². The Labute approximate surface area is 166 Å². The minimum atomic E-state index is 0.615. The maximum Gasteiger partial charge on any atom is 0.0200 e. The van der Waals surface area contributed by atoms with Crippen molar-refractivity contribution < 1.29 is 0 Å². The quantitative estimate of drug-likeness (QED) is 0.366. The van der Waals surface area contributed by atoms with Crippen LogP contribution in [0.5, 0.6) is 0 Å². The van der Waals surface area contributed by atoms with Gasteiger partial charge in [0.05, 0.1) is 0 Å². The fourth-order valence-electron chi connectivity index (χ4n) is 2.52. The van der Waals surface area contributed by atoms with Crippen LogP contribution in [0.4, 0.5) is 0 Å². The second-order valence-corrected chi connectivity index (χ2v) is 6.09. The lowest BCUT2D eigenvalue weighted by molar-refractivity contribution is 0.430. The highest BCUT2D eigenvalue weighted by Gasteiger charge is 2.08. The van der Waals surface area contributed by atoms with Gasteiger partial charge in [-0.2, -0.15) is 0 Å². The molecule has 0 heterocycles. The van der Waals surface area contributed by atoms with Crippen molar-refractivity contribution in [3.8, 4) is 12.3 Å². The van der Waals surface area contributed by atoms with Crippen molar-refractivity contribution in [3.63, 3.8) is 0 Å². The Morgan fingerprint density at radius 1 is 0.962 bits per heavy atom. The number of benzene rings is 1. The molecule has 0 bridgehead atoms. The molecule has 1 aliphatic carbocycles. The molecule has 2 rings (SSSR count). The van der Waals surface area contributed by atoms with Gasteiger partial charge < -0.3 is 0 Å². The van der Waals surface area contributed by atoms with E-state index in [4.69, 9.17) is 6.42 Å². The molecule has 0 aromatic heterocycles. The van der Waals surface area contributed by atoms with Crippen LogP contribution in [0, 0.1) is 18.3 Å². The molecule has 1 saturated carbocycles. The molecule has 0 heteroatoms. The molecule has 26 heavy (non-hydrogen) atoms. The van der Waals surface area contributed by atoms with Crippen LogP contribution in [0.2, 0.25) is 0 Å². The van der Waals surface area contributed by atoms with E-state index in [0.717, 1.165) is 12.8 Å². The molecule has 0 spiro atoms. The van der Waals surface area contributed by atoms with Crippen molar-refractivity contribution in [1.82, 2.24) is 0 Å². The number of allylic oxidation sites excluding steroid dienone is 1. The number of aryl methyl sites for hydroxylation is 2. The molecule has 150 valence electrons. The number of terminal acetylenes is 1. The van der Waals surface area contributed by atoms with Gasteiger partial charge in [-0.05, 0) is 43.7 Å². The molecule has 0 aliphatic heterocycles. The third-order valence-electron chi connectivity index (χ3n) is 3.72. The highest BCUT2D eigenvalue weighted by molar-refractivity contribution is 5.26. The molecule has 0 saturated heterocycles. The van der Waals surface area contributed by atoms with Crippen LogP contribution < -0.4 is 0 Å². The van der Waals surface area contributed by atoms with Crippen molar-refractivity contribution >= 4 is 0 Å². The number of hydrogen-bond acceptors (Lipinski definition) is 0. The third kappa shape index (κ3) is 18.9. The second kappa shape index (κ2) is 25.8. The standard InChI is InChI=1S/C10H14.C8H12.C3H8.C3H6.C2H6/c1-3-9-7-5-6-8-10(9)4-2;1-2-8-6-4-3-5-7-8;2*1-3-2;1-2/h5-8H,3-4H2,1-2H3;1,8H,3-7H2;3H2,1-2H3;3H,1H2,2H3;1-2H3. The molecule has 0 amide bonds. The first-order chi connectivity index (χ1) is 12.6. The van der Waals surface area contributed by atoms with Gasteiger partial charge in [-0.1, -0.05) is 97.6 Å². The normalized spacial score (nSPS) is 12.1. The molecule has 0 atom stereocenters. The van der Waals surface area contributed by atoms with Crippen LogP contribution in [-0.2, 0) is 12.8 Å². The van der Waals surface area contributed by atoms with Crippen LogP contribution in [0.3, 0.4) is 0 Å². The van der Waals surface area contributed by atoms with Crippen molar-refractivity contribution in [2.45, 2.75) is 99.8 Å². The zero-order valence-corrected chi connectivity index (χ0v) is 18.9. The summed E-state index contributed by atoms with van der Waals surface area (Å²) in [7, 11) is 0. The first kappa shape index (κ1) is 29.3. The largest absolute Gasteiger partial charge is 0.120 e. The summed E-state index contributed by atoms with van der Waals surface area (Å²) in [5.74, 6) is 3.42. The average Bonchev–Trinajstić information content (AvgIpc) is 2.71. The van der Waals surface area contributed by atoms with Gasteiger partial charge in [-0.15, -0.1) is 18.9 Å². The zero-order valence-electron chi connectivity index (χ0n) is 18.9. The van der Waals surface area contributed by atoms with E-state index < -0.39 is 0 Å². The average molecular weight is 359 g/mol. The molecule has 1 fully saturated rings. The maximum absolute atomic E-state index is 5.25. The highest BCUT2D eigenvalue weighted by Crippen LogP contribution is 2.22. The Morgan fingerprint density at radius 2 is 1.31 bits per heavy atom. The van der Waals surface area contributed by atoms with Crippen molar-refractivity contribution in [1.29, 1.82) is 0 Å². The van der Waals surface area contributed by atoms with E-state index in [1.807, 2.05) is 20.8 Å². The van der Waals surface area contributed by atoms with Crippen molar-refractivity contribution in [2.75, 3.05) is 0 Å². The van der Waals surface area contributed by atoms with E-state index in [2.05, 4.69) is 64.5 Å². The summed E-state index contributed by atoms with van der Waals surface area (Å²) in [5, 5.41) is 0. The minimum Gasteiger partial charge on any atom is -0.120 e. The van der Waals surface area contributed by atoms with Crippen LogP contribution >= 0.6 is 0 Å². The van der Waals surface area contributed by atoms with E-state index in [0.29, 0.717) is 5.92 Å². The predicted molar refractivity (Wildman–Crippen MR) is 124 cm³/mol. The Kier molecular flexibility index (Phi) is 29.0. The first-order valence-corrected chi connectivity index (χ1v) is 10.7. The monoisotopic (exact) mass is 358 g/mol. The summed E-state index contributed by atoms with van der Waals surface area (Å²) < 4.78 is 0. The van der Waals surface area contributed by atoms with E-state index in [1.54, 1.807) is 6.08 Å². The smallest absolute Gasteiger partial charge is 0.0200 e. The summed E-state index contributed by atoms with van der Waals surface area (Å²) in [6.07, 6.45) is 17.2. The second-order valence-electron chi connectivity index (χ2n) is 6.09. The topological polar surface area (TPSA) is 0 Å². The van der Waals surface area contributed by atoms with Gasteiger partial charge in [-0.25, -0.2) is 0 Å². The lowest BCUT2D eigenvalue weighted by Gasteiger charge is -2.14. The van der Waals surface area contributed by atoms with E-state index >= 15 is 0 Å². The summed E-state index contributed by atoms with van der Waals surface area (Å²) in [6.45, 7) is 17.9. The minimum absolute atomic E-state index is 0.615. The van der Waals surface area contributed by atoms with Crippen LogP contribution in [0.1, 0.15) is 98.1 Å². The highest BCUT2D eigenvalue weighted by atomic mass is 14.1. The van der Waals surface area contributed by atoms with Crippen molar-refractivity contribution in [3.05, 3.63) is 48.0 Å². The Bertz CT molecular complexity index is 393. The number of rotatable bonds is 2. The van der Waals surface area contributed by atoms with E-state index in [1.165, 1.54) is 49.7 Å². The summed E-state index contributed by atoms with van der Waals surface area (Å²) in [6, 6.07) is 8.63. The molecule has 1 aromatic rings. The summed E-state index contributed by atoms with van der Waals surface area (Å²) in [4.78, 5) is 0. The lowest BCUT2D eigenvalue weighted by Crippen LogP contribution is -2.02. The SMILES string of the molecule is C#CC1CCCCC1.C=CC.CC.CCC.CCc1ccccc1CC. The maximum atomic E-state index is 5.25. The van der Waals surface area contributed by atoms with Gasteiger partial charge in [0.25, 0.3) is 0 Å². The van der Waals surface area contributed by atoms with Gasteiger partial charge in [0.15, 0.2) is 0 Å². The van der Waals surface area contributed by atoms with E-state index in [9.17, 15) is 0 Å². The van der Waals surface area contributed by atoms with Gasteiger partial charge >= 0.3 is 0 Å². The third-order valence-corrected chi connectivity index (χ3v) is 3.72. The van der Waals surface area contributed by atoms with Gasteiger partial charge in [0.2, 0.25) is 0 Å². The van der Waals surface area contributed by atoms with Crippen LogP contribution in [-0.4, -0.2) is 0 Å². The summed E-state index contributed by atoms with van der Waals surface area (Å²) >= 11 is 0. The summed E-state index contributed by atoms with van der Waals surface area (Å²) in [5.41, 5.74) is 2.98. The van der Waals surface area contributed by atoms with Crippen molar-refractivity contribution in [2.24, 2.45) is 5.92 Å². The fraction of sp³-hybridized carbons (Fsp3) is 0.615. The first-order valence-electron chi connectivity index (χ1n) is 10.7. The molecule has 0 nitrogen and oxygen atoms in total. The molecule has 1 aliphatic rings. The number of hydrogen-bond donors (Lipinski definition) is 0. The lowest BCUT2D eigenvalue weighted by atomic mass is 9.90. The van der Waals surface area contributed by atoms with E-state index in [-0.39, 0.29) is 0 Å². The predicted octanol–water partition coefficient (Wildman–Crippen LogP) is 8.65. The zero-order chi connectivity index (χ0) is 20.6. The molecule has 0 unspecified atom stereocenters. The molecular formula is C26H46. The van der Waals surface area contributed by atoms with Gasteiger partial charge in [0.1, 0.15) is 0 Å². The molecule has 0 radical (unpaired) electrons. The fourth-order valence-corrected chi connectivity index (χ4v) is 2.52. The Hall–Kier alpha value is -1.48.